The molecule has 2 heterocycles. The Balaban J connectivity index is 1.57. The van der Waals surface area contributed by atoms with E-state index < -0.39 is 0 Å². The fraction of sp³-hybridized carbons (Fsp3) is 0.474. The Kier molecular flexibility index (Phi) is 6.51. The summed E-state index contributed by atoms with van der Waals surface area (Å²) in [5.41, 5.74) is 1.86. The van der Waals surface area contributed by atoms with E-state index >= 15 is 0 Å². The molecule has 1 aromatic carbocycles. The summed E-state index contributed by atoms with van der Waals surface area (Å²) in [6.07, 6.45) is 2.34. The smallest absolute Gasteiger partial charge is 0.253 e. The van der Waals surface area contributed by atoms with Gasteiger partial charge in [-0.2, -0.15) is 0 Å². The summed E-state index contributed by atoms with van der Waals surface area (Å²) >= 11 is 3.43. The maximum atomic E-state index is 12.7. The van der Waals surface area contributed by atoms with Gasteiger partial charge in [0.2, 0.25) is 0 Å². The lowest BCUT2D eigenvalue weighted by Gasteiger charge is -2.24. The minimum Gasteiger partial charge on any atom is -0.376 e. The van der Waals surface area contributed by atoms with Crippen molar-refractivity contribution in [2.75, 3.05) is 19.7 Å². The number of amides is 1. The summed E-state index contributed by atoms with van der Waals surface area (Å²) in [5.74, 6) is 0.947. The molecule has 1 saturated heterocycles. The molecule has 0 radical (unpaired) electrons. The number of rotatable bonds is 7. The molecule has 1 fully saturated rings. The SMILES string of the molecule is CCN(C[C@H]1CCCO1)C(=O)c1ccc(SCc2csc(C)n2)cc1. The van der Waals surface area contributed by atoms with E-state index in [-0.39, 0.29) is 12.0 Å². The quantitative estimate of drug-likeness (QED) is 0.672. The zero-order valence-electron chi connectivity index (χ0n) is 14.7. The van der Waals surface area contributed by atoms with Crippen molar-refractivity contribution in [3.63, 3.8) is 0 Å². The van der Waals surface area contributed by atoms with E-state index in [0.717, 1.165) is 46.4 Å². The Hall–Kier alpha value is -1.37. The molecule has 0 spiro atoms. The number of nitrogens with zero attached hydrogens (tertiary/aromatic N) is 2. The summed E-state index contributed by atoms with van der Waals surface area (Å²) in [5, 5.41) is 3.20. The molecule has 6 heteroatoms. The van der Waals surface area contributed by atoms with Crippen molar-refractivity contribution in [3.05, 3.63) is 45.9 Å². The van der Waals surface area contributed by atoms with Gasteiger partial charge in [-0.05, 0) is 51.0 Å². The minimum absolute atomic E-state index is 0.0877. The maximum Gasteiger partial charge on any atom is 0.253 e. The molecule has 0 saturated carbocycles. The molecule has 1 aliphatic rings. The number of thioether (sulfide) groups is 1. The predicted molar refractivity (Wildman–Crippen MR) is 103 cm³/mol. The van der Waals surface area contributed by atoms with Crippen molar-refractivity contribution in [1.82, 2.24) is 9.88 Å². The van der Waals surface area contributed by atoms with Gasteiger partial charge in [-0.15, -0.1) is 23.1 Å². The van der Waals surface area contributed by atoms with Crippen molar-refractivity contribution in [3.8, 4) is 0 Å². The summed E-state index contributed by atoms with van der Waals surface area (Å²) < 4.78 is 5.66. The molecular weight excluding hydrogens is 352 g/mol. The molecule has 0 bridgehead atoms. The number of hydrogen-bond donors (Lipinski definition) is 0. The van der Waals surface area contributed by atoms with Crippen molar-refractivity contribution in [1.29, 1.82) is 0 Å². The third kappa shape index (κ3) is 5.06. The number of benzene rings is 1. The number of carbonyl (C=O) groups is 1. The molecule has 2 aromatic rings. The molecule has 0 N–H and O–H groups in total. The van der Waals surface area contributed by atoms with E-state index in [4.69, 9.17) is 4.74 Å². The minimum atomic E-state index is 0.0877. The van der Waals surface area contributed by atoms with Gasteiger partial charge in [0.1, 0.15) is 0 Å². The first-order valence-corrected chi connectivity index (χ1v) is 10.6. The lowest BCUT2D eigenvalue weighted by Crippen LogP contribution is -2.37. The van der Waals surface area contributed by atoms with Crippen LogP contribution in [0.15, 0.2) is 34.5 Å². The number of thiazole rings is 1. The van der Waals surface area contributed by atoms with Gasteiger partial charge in [-0.1, -0.05) is 0 Å². The molecule has 0 unspecified atom stereocenters. The standard InChI is InChI=1S/C19H24N2O2S2/c1-3-21(11-17-5-4-10-23-17)19(22)15-6-8-18(9-7-15)25-13-16-12-24-14(2)20-16/h6-9,12,17H,3-5,10-11,13H2,1-2H3/t17-/m1/s1. The average molecular weight is 377 g/mol. The average Bonchev–Trinajstić information content (AvgIpc) is 3.29. The second-order valence-electron chi connectivity index (χ2n) is 6.15. The van der Waals surface area contributed by atoms with Crippen LogP contribution < -0.4 is 0 Å². The first-order valence-electron chi connectivity index (χ1n) is 8.70. The van der Waals surface area contributed by atoms with E-state index in [2.05, 4.69) is 10.4 Å². The largest absolute Gasteiger partial charge is 0.376 e. The third-order valence-electron chi connectivity index (χ3n) is 4.27. The van der Waals surface area contributed by atoms with Crippen LogP contribution in [0.25, 0.3) is 0 Å². The molecule has 1 amide bonds. The van der Waals surface area contributed by atoms with Gasteiger partial charge in [0.25, 0.3) is 5.91 Å². The van der Waals surface area contributed by atoms with Crippen LogP contribution in [-0.4, -0.2) is 41.6 Å². The van der Waals surface area contributed by atoms with E-state index in [1.165, 1.54) is 0 Å². The van der Waals surface area contributed by atoms with Gasteiger partial charge < -0.3 is 9.64 Å². The summed E-state index contributed by atoms with van der Waals surface area (Å²) in [4.78, 5) is 20.2. The van der Waals surface area contributed by atoms with Gasteiger partial charge in [0.15, 0.2) is 0 Å². The van der Waals surface area contributed by atoms with Crippen LogP contribution in [0.5, 0.6) is 0 Å². The maximum absolute atomic E-state index is 12.7. The van der Waals surface area contributed by atoms with Crippen molar-refractivity contribution in [2.24, 2.45) is 0 Å². The fourth-order valence-electron chi connectivity index (χ4n) is 2.90. The van der Waals surface area contributed by atoms with Crippen LogP contribution in [0, 0.1) is 6.92 Å². The predicted octanol–water partition coefficient (Wildman–Crippen LogP) is 4.38. The molecule has 134 valence electrons. The van der Waals surface area contributed by atoms with Crippen molar-refractivity contribution >= 4 is 29.0 Å². The lowest BCUT2D eigenvalue weighted by atomic mass is 10.1. The van der Waals surface area contributed by atoms with Gasteiger partial charge in [0, 0.05) is 41.3 Å². The molecule has 25 heavy (non-hydrogen) atoms. The van der Waals surface area contributed by atoms with E-state index in [0.29, 0.717) is 13.1 Å². The molecule has 4 nitrogen and oxygen atoms in total. The van der Waals surface area contributed by atoms with Crippen LogP contribution in [0.2, 0.25) is 0 Å². The topological polar surface area (TPSA) is 42.4 Å². The highest BCUT2D eigenvalue weighted by molar-refractivity contribution is 7.98. The summed E-state index contributed by atoms with van der Waals surface area (Å²) in [7, 11) is 0. The van der Waals surface area contributed by atoms with Crippen LogP contribution in [0.1, 0.15) is 40.8 Å². The Labute approximate surface area is 157 Å². The normalized spacial score (nSPS) is 17.0. The molecule has 1 aliphatic heterocycles. The van der Waals surface area contributed by atoms with Crippen molar-refractivity contribution in [2.45, 2.75) is 43.4 Å². The van der Waals surface area contributed by atoms with Gasteiger partial charge in [-0.3, -0.25) is 4.79 Å². The van der Waals surface area contributed by atoms with Gasteiger partial charge in [-0.25, -0.2) is 4.98 Å². The van der Waals surface area contributed by atoms with Gasteiger partial charge in [0.05, 0.1) is 16.8 Å². The van der Waals surface area contributed by atoms with Gasteiger partial charge >= 0.3 is 0 Å². The van der Waals surface area contributed by atoms with Crippen LogP contribution in [-0.2, 0) is 10.5 Å². The second kappa shape index (κ2) is 8.83. The summed E-state index contributed by atoms with van der Waals surface area (Å²) in [6.45, 7) is 6.26. The van der Waals surface area contributed by atoms with Crippen LogP contribution in [0.3, 0.4) is 0 Å². The molecule has 1 aromatic heterocycles. The number of hydrogen-bond acceptors (Lipinski definition) is 5. The fourth-order valence-corrected chi connectivity index (χ4v) is 4.41. The number of aromatic nitrogens is 1. The third-order valence-corrected chi connectivity index (χ3v) is 6.14. The molecular formula is C19H24N2O2S2. The van der Waals surface area contributed by atoms with E-state index in [9.17, 15) is 4.79 Å². The van der Waals surface area contributed by atoms with Crippen LogP contribution >= 0.6 is 23.1 Å². The number of aryl methyl sites for hydroxylation is 1. The van der Waals surface area contributed by atoms with E-state index in [1.54, 1.807) is 23.1 Å². The molecule has 1 atom stereocenters. The summed E-state index contributed by atoms with van der Waals surface area (Å²) in [6, 6.07) is 7.90. The Morgan fingerprint density at radius 1 is 1.40 bits per heavy atom. The number of ether oxygens (including phenoxy) is 1. The highest BCUT2D eigenvalue weighted by Gasteiger charge is 2.22. The van der Waals surface area contributed by atoms with Crippen molar-refractivity contribution < 1.29 is 9.53 Å². The zero-order chi connectivity index (χ0) is 17.6. The lowest BCUT2D eigenvalue weighted by molar-refractivity contribution is 0.0539. The number of carbonyl (C=O) groups excluding carboxylic acids is 1. The molecule has 0 aliphatic carbocycles. The monoisotopic (exact) mass is 376 g/mol. The first-order chi connectivity index (χ1) is 12.2. The number of likely N-dealkylation sites (N-methyl/N-ethyl adjacent to an activating group) is 1. The van der Waals surface area contributed by atoms with Crippen LogP contribution in [0.4, 0.5) is 0 Å². The highest BCUT2D eigenvalue weighted by atomic mass is 32.2. The van der Waals surface area contributed by atoms with E-state index in [1.807, 2.05) is 43.0 Å². The molecule has 3 rings (SSSR count). The second-order valence-corrected chi connectivity index (χ2v) is 8.26. The highest BCUT2D eigenvalue weighted by Crippen LogP contribution is 2.24. The Morgan fingerprint density at radius 2 is 2.20 bits per heavy atom. The Bertz CT molecular complexity index is 694. The Morgan fingerprint density at radius 3 is 2.80 bits per heavy atom. The zero-order valence-corrected chi connectivity index (χ0v) is 16.4. The first kappa shape index (κ1) is 18.4.